The van der Waals surface area contributed by atoms with E-state index in [1.165, 1.54) is 6.07 Å². The average Bonchev–Trinajstić information content (AvgIpc) is 2.74. The molecule has 1 heterocycles. The number of rotatable bonds is 10. The third kappa shape index (κ3) is 7.79. The first-order valence-corrected chi connectivity index (χ1v) is 10.5. The van der Waals surface area contributed by atoms with Gasteiger partial charge in [-0.3, -0.25) is 9.69 Å². The molecule has 8 nitrogen and oxygen atoms in total. The Hall–Kier alpha value is -2.39. The largest absolute Gasteiger partial charge is 0.491 e. The van der Waals surface area contributed by atoms with E-state index in [2.05, 4.69) is 25.4 Å². The Balaban J connectivity index is 1.88. The molecule has 9 heteroatoms. The molecule has 0 bridgehead atoms. The minimum atomic E-state index is -0.369. The van der Waals surface area contributed by atoms with Crippen LogP contribution in [0, 0.1) is 5.82 Å². The van der Waals surface area contributed by atoms with Crippen LogP contribution >= 0.6 is 0 Å². The maximum absolute atomic E-state index is 14.1. The fraction of sp³-hybridized carbons (Fsp3) is 0.619. The molecule has 0 aliphatic carbocycles. The molecule has 168 valence electrons. The molecular formula is C21H34FN5O3. The summed E-state index contributed by atoms with van der Waals surface area (Å²) >= 11 is 0. The smallest absolute Gasteiger partial charge is 0.234 e. The Kier molecular flexibility index (Phi) is 10.4. The molecule has 30 heavy (non-hydrogen) atoms. The summed E-state index contributed by atoms with van der Waals surface area (Å²) in [5.74, 6) is 0.709. The monoisotopic (exact) mass is 423 g/mol. The molecule has 0 unspecified atom stereocenters. The van der Waals surface area contributed by atoms with Crippen molar-refractivity contribution in [3.63, 3.8) is 0 Å². The van der Waals surface area contributed by atoms with Gasteiger partial charge in [0, 0.05) is 46.4 Å². The molecule has 2 N–H and O–H groups in total. The molecule has 1 aromatic carbocycles. The van der Waals surface area contributed by atoms with Gasteiger partial charge in [-0.2, -0.15) is 0 Å². The van der Waals surface area contributed by atoms with E-state index in [1.807, 2.05) is 19.9 Å². The van der Waals surface area contributed by atoms with Crippen molar-refractivity contribution < 1.29 is 18.7 Å². The van der Waals surface area contributed by atoms with E-state index in [0.717, 1.165) is 44.2 Å². The van der Waals surface area contributed by atoms with E-state index in [4.69, 9.17) is 9.47 Å². The third-order valence-corrected chi connectivity index (χ3v) is 4.71. The predicted molar refractivity (Wildman–Crippen MR) is 115 cm³/mol. The number of hydrogen-bond donors (Lipinski definition) is 2. The fourth-order valence-electron chi connectivity index (χ4n) is 3.18. The zero-order valence-electron chi connectivity index (χ0n) is 18.2. The highest BCUT2D eigenvalue weighted by atomic mass is 19.1. The summed E-state index contributed by atoms with van der Waals surface area (Å²) in [4.78, 5) is 20.9. The Morgan fingerprint density at radius 1 is 1.20 bits per heavy atom. The number of aliphatic imine (C=N–C) groups is 1. The SMILES string of the molecule is CCNC(=NCc1ccc(OCC)c(F)c1)N1CCN(CC(=O)NCCOC)CC1. The summed E-state index contributed by atoms with van der Waals surface area (Å²) in [6.07, 6.45) is 0. The van der Waals surface area contributed by atoms with Gasteiger partial charge in [0.15, 0.2) is 17.5 Å². The molecule has 0 aromatic heterocycles. The highest BCUT2D eigenvalue weighted by molar-refractivity contribution is 5.80. The van der Waals surface area contributed by atoms with Gasteiger partial charge in [0.05, 0.1) is 26.3 Å². The summed E-state index contributed by atoms with van der Waals surface area (Å²) in [6, 6.07) is 4.95. The van der Waals surface area contributed by atoms with Crippen LogP contribution in [-0.2, 0) is 16.1 Å². The number of benzene rings is 1. The second-order valence-electron chi connectivity index (χ2n) is 6.97. The third-order valence-electron chi connectivity index (χ3n) is 4.71. The van der Waals surface area contributed by atoms with Crippen molar-refractivity contribution in [2.45, 2.75) is 20.4 Å². The van der Waals surface area contributed by atoms with Crippen molar-refractivity contribution in [2.24, 2.45) is 4.99 Å². The van der Waals surface area contributed by atoms with Crippen molar-refractivity contribution in [1.82, 2.24) is 20.4 Å². The number of carbonyl (C=O) groups is 1. The van der Waals surface area contributed by atoms with Crippen molar-refractivity contribution in [1.29, 1.82) is 0 Å². The molecule has 0 atom stereocenters. The minimum absolute atomic E-state index is 0.0126. The first kappa shape index (κ1) is 23.9. The van der Waals surface area contributed by atoms with Crippen LogP contribution in [0.2, 0.25) is 0 Å². The van der Waals surface area contributed by atoms with Crippen LogP contribution in [0.25, 0.3) is 0 Å². The topological polar surface area (TPSA) is 78.4 Å². The Morgan fingerprint density at radius 2 is 1.97 bits per heavy atom. The van der Waals surface area contributed by atoms with Crippen LogP contribution < -0.4 is 15.4 Å². The Morgan fingerprint density at radius 3 is 2.60 bits per heavy atom. The number of nitrogens with one attached hydrogen (secondary N) is 2. The maximum Gasteiger partial charge on any atom is 0.234 e. The second kappa shape index (κ2) is 13.0. The number of guanidine groups is 1. The van der Waals surface area contributed by atoms with Gasteiger partial charge < -0.3 is 25.0 Å². The van der Waals surface area contributed by atoms with Gasteiger partial charge in [0.25, 0.3) is 0 Å². The predicted octanol–water partition coefficient (Wildman–Crippen LogP) is 1.07. The lowest BCUT2D eigenvalue weighted by atomic mass is 10.2. The molecule has 1 fully saturated rings. The van der Waals surface area contributed by atoms with E-state index in [1.54, 1.807) is 13.2 Å². The average molecular weight is 424 g/mol. The summed E-state index contributed by atoms with van der Waals surface area (Å²) < 4.78 is 24.3. The van der Waals surface area contributed by atoms with Gasteiger partial charge in [-0.25, -0.2) is 9.38 Å². The molecule has 1 aliphatic rings. The quantitative estimate of drug-likeness (QED) is 0.333. The lowest BCUT2D eigenvalue weighted by Gasteiger charge is -2.36. The molecular weight excluding hydrogens is 389 g/mol. The number of piperazine rings is 1. The van der Waals surface area contributed by atoms with Crippen LogP contribution in [0.3, 0.4) is 0 Å². The van der Waals surface area contributed by atoms with Crippen LogP contribution in [0.1, 0.15) is 19.4 Å². The van der Waals surface area contributed by atoms with Crippen molar-refractivity contribution in [3.8, 4) is 5.75 Å². The molecule has 0 radical (unpaired) electrons. The van der Waals surface area contributed by atoms with Crippen LogP contribution in [0.5, 0.6) is 5.75 Å². The van der Waals surface area contributed by atoms with E-state index in [-0.39, 0.29) is 17.5 Å². The standard InChI is InChI=1S/C21H34FN5O3/c1-4-23-21(25-15-17-6-7-19(30-5-2)18(22)14-17)27-11-9-26(10-12-27)16-20(28)24-8-13-29-3/h6-7,14H,4-5,8-13,15-16H2,1-3H3,(H,23,25)(H,24,28). The summed E-state index contributed by atoms with van der Waals surface area (Å²) in [7, 11) is 1.61. The number of halogens is 1. The minimum Gasteiger partial charge on any atom is -0.491 e. The summed E-state index contributed by atoms with van der Waals surface area (Å²) in [6.45, 7) is 9.94. The van der Waals surface area contributed by atoms with Crippen LogP contribution in [0.4, 0.5) is 4.39 Å². The van der Waals surface area contributed by atoms with Gasteiger partial charge in [-0.15, -0.1) is 0 Å². The van der Waals surface area contributed by atoms with Gasteiger partial charge in [-0.05, 0) is 31.5 Å². The lowest BCUT2D eigenvalue weighted by Crippen LogP contribution is -2.54. The van der Waals surface area contributed by atoms with Gasteiger partial charge in [0.2, 0.25) is 5.91 Å². The van der Waals surface area contributed by atoms with Crippen molar-refractivity contribution in [2.75, 3.05) is 66.1 Å². The van der Waals surface area contributed by atoms with E-state index in [0.29, 0.717) is 32.8 Å². The Labute approximate surface area is 178 Å². The Bertz CT molecular complexity index is 693. The highest BCUT2D eigenvalue weighted by Crippen LogP contribution is 2.19. The lowest BCUT2D eigenvalue weighted by molar-refractivity contribution is -0.122. The normalized spacial score (nSPS) is 15.2. The molecule has 1 amide bonds. The van der Waals surface area contributed by atoms with Gasteiger partial charge >= 0.3 is 0 Å². The number of nitrogens with zero attached hydrogens (tertiary/aromatic N) is 3. The van der Waals surface area contributed by atoms with Gasteiger partial charge in [0.1, 0.15) is 0 Å². The number of methoxy groups -OCH3 is 1. The van der Waals surface area contributed by atoms with Crippen LogP contribution in [-0.4, -0.2) is 87.8 Å². The maximum atomic E-state index is 14.1. The molecule has 1 aliphatic heterocycles. The van der Waals surface area contributed by atoms with Gasteiger partial charge in [-0.1, -0.05) is 6.07 Å². The summed E-state index contributed by atoms with van der Waals surface area (Å²) in [5, 5.41) is 6.15. The molecule has 2 rings (SSSR count). The number of hydrogen-bond acceptors (Lipinski definition) is 5. The number of ether oxygens (including phenoxy) is 2. The molecule has 0 spiro atoms. The first-order chi connectivity index (χ1) is 14.6. The first-order valence-electron chi connectivity index (χ1n) is 10.5. The fourth-order valence-corrected chi connectivity index (χ4v) is 3.18. The molecule has 0 saturated carbocycles. The molecule has 1 aromatic rings. The second-order valence-corrected chi connectivity index (χ2v) is 6.97. The number of carbonyl (C=O) groups excluding carboxylic acids is 1. The van der Waals surface area contributed by atoms with E-state index < -0.39 is 0 Å². The van der Waals surface area contributed by atoms with Crippen molar-refractivity contribution >= 4 is 11.9 Å². The molecule has 1 saturated heterocycles. The van der Waals surface area contributed by atoms with Crippen molar-refractivity contribution in [3.05, 3.63) is 29.6 Å². The van der Waals surface area contributed by atoms with Crippen LogP contribution in [0.15, 0.2) is 23.2 Å². The zero-order chi connectivity index (χ0) is 21.8. The summed E-state index contributed by atoms with van der Waals surface area (Å²) in [5.41, 5.74) is 0.790. The number of amides is 1. The zero-order valence-corrected chi connectivity index (χ0v) is 18.2. The van der Waals surface area contributed by atoms with E-state index in [9.17, 15) is 9.18 Å². The van der Waals surface area contributed by atoms with E-state index >= 15 is 0 Å². The highest BCUT2D eigenvalue weighted by Gasteiger charge is 2.21.